The molecule has 0 fully saturated rings. The Morgan fingerprint density at radius 1 is 0.692 bits per heavy atom. The van der Waals surface area contributed by atoms with E-state index in [1.54, 1.807) is 6.08 Å². The fourth-order valence-corrected chi connectivity index (χ4v) is 7.99. The van der Waals surface area contributed by atoms with Crippen molar-refractivity contribution in [2.75, 3.05) is 0 Å². The zero-order valence-corrected chi connectivity index (χ0v) is 29.9. The molecule has 0 saturated carbocycles. The third-order valence-electron chi connectivity index (χ3n) is 10.0. The quantitative estimate of drug-likeness (QED) is 0.151. The molecule has 0 bridgehead atoms. The first-order valence-electron chi connectivity index (χ1n) is 17.8. The van der Waals surface area contributed by atoms with E-state index < -0.39 is 5.41 Å². The van der Waals surface area contributed by atoms with Crippen LogP contribution in [0.1, 0.15) is 71.5 Å². The second-order valence-electron chi connectivity index (χ2n) is 13.0. The van der Waals surface area contributed by atoms with Crippen molar-refractivity contribution in [3.63, 3.8) is 0 Å². The van der Waals surface area contributed by atoms with Crippen LogP contribution in [0.5, 0.6) is 0 Å². The van der Waals surface area contributed by atoms with Gasteiger partial charge in [0, 0.05) is 27.8 Å². The first kappa shape index (κ1) is 32.8. The lowest BCUT2D eigenvalue weighted by molar-refractivity contribution is 0.523. The summed E-state index contributed by atoms with van der Waals surface area (Å²) in [5.41, 5.74) is 12.8. The van der Waals surface area contributed by atoms with Crippen molar-refractivity contribution in [2.45, 2.75) is 33.1 Å². The Balaban J connectivity index is 1.44. The molecule has 2 aliphatic rings. The van der Waals surface area contributed by atoms with E-state index in [0.29, 0.717) is 17.5 Å². The van der Waals surface area contributed by atoms with Crippen LogP contribution in [0, 0.1) is 6.92 Å². The number of allylic oxidation sites excluding steroid dienone is 8. The third kappa shape index (κ3) is 5.10. The molecule has 252 valence electrons. The molecule has 0 aliphatic heterocycles. The SMILES string of the molecule is C=C/C=C(\C=C/C)c1nc(-c2ccccc2)nc(-c2ccc3c(c2)C2(C(c4c(/C=C\C)oc(C)c4/C=C\C)=Cc4ccccc42)c2ccccc2-3)n1. The Labute approximate surface area is 305 Å². The molecule has 1 unspecified atom stereocenters. The second-order valence-corrected chi connectivity index (χ2v) is 13.0. The predicted molar refractivity (Wildman–Crippen MR) is 216 cm³/mol. The number of fused-ring (bicyclic) bond motifs is 7. The van der Waals surface area contributed by atoms with Gasteiger partial charge < -0.3 is 4.42 Å². The molecule has 2 aromatic heterocycles. The average molecular weight is 674 g/mol. The molecule has 1 spiro atoms. The monoisotopic (exact) mass is 673 g/mol. The van der Waals surface area contributed by atoms with Crippen molar-refractivity contribution in [2.24, 2.45) is 0 Å². The molecule has 1 atom stereocenters. The van der Waals surface area contributed by atoms with Gasteiger partial charge in [-0.05, 0) is 84.9 Å². The molecule has 0 radical (unpaired) electrons. The number of aryl methyl sites for hydroxylation is 1. The second kappa shape index (κ2) is 13.4. The van der Waals surface area contributed by atoms with Crippen LogP contribution in [0.15, 0.2) is 145 Å². The smallest absolute Gasteiger partial charge is 0.164 e. The molecule has 6 aromatic rings. The van der Waals surface area contributed by atoms with Crippen molar-refractivity contribution in [3.05, 3.63) is 191 Å². The summed E-state index contributed by atoms with van der Waals surface area (Å²) in [6.45, 7) is 12.1. The van der Waals surface area contributed by atoms with Crippen molar-refractivity contribution in [1.29, 1.82) is 0 Å². The number of aromatic nitrogens is 3. The summed E-state index contributed by atoms with van der Waals surface area (Å²) in [5.74, 6) is 3.56. The Kier molecular flexibility index (Phi) is 8.44. The highest BCUT2D eigenvalue weighted by molar-refractivity contribution is 6.07. The molecule has 0 amide bonds. The summed E-state index contributed by atoms with van der Waals surface area (Å²) in [6, 6.07) is 34.4. The molecule has 2 heterocycles. The number of benzene rings is 4. The van der Waals surface area contributed by atoms with Crippen molar-refractivity contribution in [1.82, 2.24) is 15.0 Å². The summed E-state index contributed by atoms with van der Waals surface area (Å²) in [4.78, 5) is 15.2. The highest BCUT2D eigenvalue weighted by Gasteiger charge is 2.52. The Morgan fingerprint density at radius 2 is 1.38 bits per heavy atom. The van der Waals surface area contributed by atoms with Crippen LogP contribution in [0.2, 0.25) is 0 Å². The zero-order chi connectivity index (χ0) is 35.8. The Morgan fingerprint density at radius 3 is 2.13 bits per heavy atom. The molecule has 8 rings (SSSR count). The van der Waals surface area contributed by atoms with Gasteiger partial charge in [0.25, 0.3) is 0 Å². The van der Waals surface area contributed by atoms with Crippen LogP contribution in [0.3, 0.4) is 0 Å². The fraction of sp³-hybridized carbons (Fsp3) is 0.104. The highest BCUT2D eigenvalue weighted by Crippen LogP contribution is 2.63. The van der Waals surface area contributed by atoms with Gasteiger partial charge in [-0.2, -0.15) is 0 Å². The van der Waals surface area contributed by atoms with Gasteiger partial charge in [-0.1, -0.05) is 140 Å². The van der Waals surface area contributed by atoms with E-state index in [-0.39, 0.29) is 0 Å². The van der Waals surface area contributed by atoms with Crippen LogP contribution in [0.4, 0.5) is 0 Å². The van der Waals surface area contributed by atoms with E-state index in [4.69, 9.17) is 19.4 Å². The third-order valence-corrected chi connectivity index (χ3v) is 10.0. The van der Waals surface area contributed by atoms with E-state index in [0.717, 1.165) is 39.3 Å². The first-order chi connectivity index (χ1) is 25.5. The first-order valence-corrected chi connectivity index (χ1v) is 17.8. The van der Waals surface area contributed by atoms with Crippen LogP contribution in [-0.2, 0) is 5.41 Å². The van der Waals surface area contributed by atoms with Crippen molar-refractivity contribution in [3.8, 4) is 33.9 Å². The molecule has 4 heteroatoms. The summed E-state index contributed by atoms with van der Waals surface area (Å²) >= 11 is 0. The van der Waals surface area contributed by atoms with E-state index in [1.807, 2.05) is 62.4 Å². The lowest BCUT2D eigenvalue weighted by Crippen LogP contribution is -2.27. The molecule has 0 N–H and O–H groups in total. The molecular formula is C48H39N3O. The van der Waals surface area contributed by atoms with Crippen molar-refractivity contribution < 1.29 is 4.42 Å². The summed E-state index contributed by atoms with van der Waals surface area (Å²) < 4.78 is 6.53. The van der Waals surface area contributed by atoms with Gasteiger partial charge >= 0.3 is 0 Å². The predicted octanol–water partition coefficient (Wildman–Crippen LogP) is 12.2. The molecule has 4 aromatic carbocycles. The number of rotatable bonds is 8. The Hall–Kier alpha value is -6.39. The van der Waals surface area contributed by atoms with Gasteiger partial charge in [0.15, 0.2) is 17.5 Å². The fourth-order valence-electron chi connectivity index (χ4n) is 7.99. The van der Waals surface area contributed by atoms with Gasteiger partial charge in [-0.25, -0.2) is 15.0 Å². The van der Waals surface area contributed by atoms with Crippen LogP contribution >= 0.6 is 0 Å². The lowest BCUT2D eigenvalue weighted by Gasteiger charge is -2.33. The summed E-state index contributed by atoms with van der Waals surface area (Å²) in [7, 11) is 0. The normalized spacial score (nSPS) is 16.2. The van der Waals surface area contributed by atoms with E-state index in [2.05, 4.69) is 118 Å². The van der Waals surface area contributed by atoms with Gasteiger partial charge in [0.2, 0.25) is 0 Å². The number of furan rings is 1. The van der Waals surface area contributed by atoms with E-state index in [1.165, 1.54) is 39.0 Å². The highest BCUT2D eigenvalue weighted by atomic mass is 16.3. The molecule has 4 nitrogen and oxygen atoms in total. The maximum atomic E-state index is 6.53. The summed E-state index contributed by atoms with van der Waals surface area (Å²) in [6.07, 6.45) is 18.5. The minimum atomic E-state index is -0.613. The van der Waals surface area contributed by atoms with Crippen LogP contribution < -0.4 is 0 Å². The molecule has 0 saturated heterocycles. The maximum Gasteiger partial charge on any atom is 0.164 e. The maximum absolute atomic E-state index is 6.53. The van der Waals surface area contributed by atoms with Gasteiger partial charge in [0.05, 0.1) is 5.41 Å². The molecular weight excluding hydrogens is 635 g/mol. The Bertz CT molecular complexity index is 2520. The number of hydrogen-bond donors (Lipinski definition) is 0. The minimum absolute atomic E-state index is 0.591. The van der Waals surface area contributed by atoms with Gasteiger partial charge in [-0.3, -0.25) is 0 Å². The van der Waals surface area contributed by atoms with Crippen molar-refractivity contribution >= 4 is 29.4 Å². The van der Waals surface area contributed by atoms with E-state index in [9.17, 15) is 0 Å². The lowest BCUT2D eigenvalue weighted by atomic mass is 9.67. The molecule has 52 heavy (non-hydrogen) atoms. The average Bonchev–Trinajstić information content (AvgIpc) is 3.79. The largest absolute Gasteiger partial charge is 0.461 e. The summed E-state index contributed by atoms with van der Waals surface area (Å²) in [5, 5.41) is 0. The zero-order valence-electron chi connectivity index (χ0n) is 29.9. The van der Waals surface area contributed by atoms with Gasteiger partial charge in [-0.15, -0.1) is 0 Å². The number of hydrogen-bond acceptors (Lipinski definition) is 4. The molecule has 2 aliphatic carbocycles. The topological polar surface area (TPSA) is 51.8 Å². The van der Waals surface area contributed by atoms with Crippen LogP contribution in [0.25, 0.3) is 63.3 Å². The standard InChI is InChI=1S/C48H39N3O/c1-6-17-32(18-7-2)45-49-46(33-21-11-10-12-22-33)51-47(50-45)35-27-28-38-37-24-14-16-26-40(37)48(41(38)30-35)39-25-15-13-23-34(39)29-42(48)44-36(19-8-3)31(5)52-43(44)20-9-4/h6-30H,1H2,2-5H3/b18-7-,19-8-,20-9-,32-17+. The van der Waals surface area contributed by atoms with E-state index >= 15 is 0 Å². The van der Waals surface area contributed by atoms with Crippen LogP contribution in [-0.4, -0.2) is 15.0 Å². The number of nitrogens with zero attached hydrogens (tertiary/aromatic N) is 3. The van der Waals surface area contributed by atoms with Gasteiger partial charge in [0.1, 0.15) is 11.5 Å². The minimum Gasteiger partial charge on any atom is -0.461 e.